The molecule has 0 saturated heterocycles. The maximum Gasteiger partial charge on any atom is 0.226 e. The molecule has 2 rings (SSSR count). The van der Waals surface area contributed by atoms with Crippen LogP contribution in [0, 0.1) is 20.8 Å². The van der Waals surface area contributed by atoms with E-state index in [0.717, 1.165) is 28.1 Å². The van der Waals surface area contributed by atoms with Crippen LogP contribution in [0.4, 0.5) is 11.4 Å². The topological polar surface area (TPSA) is 49.4 Å². The summed E-state index contributed by atoms with van der Waals surface area (Å²) in [6, 6.07) is 13.6. The Labute approximate surface area is 143 Å². The normalized spacial score (nSPS) is 10.3. The first-order chi connectivity index (χ1) is 11.4. The lowest BCUT2D eigenvalue weighted by Crippen LogP contribution is -2.32. The largest absolute Gasteiger partial charge is 0.326 e. The fourth-order valence-corrected chi connectivity index (χ4v) is 2.80. The number of aryl methyl sites for hydroxylation is 3. The van der Waals surface area contributed by atoms with Gasteiger partial charge in [-0.1, -0.05) is 24.3 Å². The number of anilines is 2. The van der Waals surface area contributed by atoms with Gasteiger partial charge in [-0.25, -0.2) is 0 Å². The third-order valence-corrected chi connectivity index (χ3v) is 3.85. The molecule has 0 bridgehead atoms. The van der Waals surface area contributed by atoms with Gasteiger partial charge in [0.2, 0.25) is 11.8 Å². The predicted molar refractivity (Wildman–Crippen MR) is 98.4 cm³/mol. The molecule has 2 aromatic rings. The Morgan fingerprint density at radius 3 is 2.21 bits per heavy atom. The number of hydrogen-bond donors (Lipinski definition) is 1. The number of carbonyl (C=O) groups excluding carboxylic acids is 2. The molecule has 0 fully saturated rings. The van der Waals surface area contributed by atoms with Gasteiger partial charge in [0.15, 0.2) is 0 Å². The van der Waals surface area contributed by atoms with Gasteiger partial charge in [-0.3, -0.25) is 9.59 Å². The first-order valence-electron chi connectivity index (χ1n) is 8.08. The lowest BCUT2D eigenvalue weighted by atomic mass is 10.1. The first-order valence-corrected chi connectivity index (χ1v) is 8.08. The van der Waals surface area contributed by atoms with Crippen LogP contribution in [0.5, 0.6) is 0 Å². The van der Waals surface area contributed by atoms with E-state index < -0.39 is 0 Å². The lowest BCUT2D eigenvalue weighted by Gasteiger charge is -2.22. The number of nitrogens with one attached hydrogen (secondary N) is 1. The molecule has 0 aliphatic carbocycles. The van der Waals surface area contributed by atoms with Crippen molar-refractivity contribution in [1.82, 2.24) is 0 Å². The summed E-state index contributed by atoms with van der Waals surface area (Å²) in [7, 11) is 0. The van der Waals surface area contributed by atoms with Crippen molar-refractivity contribution in [3.8, 4) is 0 Å². The predicted octanol–water partition coefficient (Wildman–Crippen LogP) is 3.99. The van der Waals surface area contributed by atoms with Crippen molar-refractivity contribution >= 4 is 23.2 Å². The summed E-state index contributed by atoms with van der Waals surface area (Å²) in [4.78, 5) is 25.8. The number of rotatable bonds is 5. The van der Waals surface area contributed by atoms with E-state index in [-0.39, 0.29) is 18.2 Å². The fourth-order valence-electron chi connectivity index (χ4n) is 2.80. The van der Waals surface area contributed by atoms with Crippen LogP contribution in [0.25, 0.3) is 0 Å². The highest BCUT2D eigenvalue weighted by Crippen LogP contribution is 2.20. The van der Waals surface area contributed by atoms with E-state index in [1.54, 1.807) is 4.90 Å². The first kappa shape index (κ1) is 17.7. The third-order valence-electron chi connectivity index (χ3n) is 3.85. The van der Waals surface area contributed by atoms with Gasteiger partial charge in [0, 0.05) is 31.3 Å². The maximum absolute atomic E-state index is 12.2. The molecule has 0 atom stereocenters. The minimum Gasteiger partial charge on any atom is -0.326 e. The Kier molecular flexibility index (Phi) is 5.74. The molecule has 2 aromatic carbocycles. The molecule has 0 unspecified atom stereocenters. The summed E-state index contributed by atoms with van der Waals surface area (Å²) >= 11 is 0. The van der Waals surface area contributed by atoms with E-state index in [2.05, 4.69) is 11.4 Å². The van der Waals surface area contributed by atoms with Gasteiger partial charge in [0.05, 0.1) is 0 Å². The summed E-state index contributed by atoms with van der Waals surface area (Å²) in [6.45, 7) is 7.84. The van der Waals surface area contributed by atoms with E-state index in [1.165, 1.54) is 6.92 Å². The Morgan fingerprint density at radius 1 is 1.00 bits per heavy atom. The number of hydrogen-bond acceptors (Lipinski definition) is 2. The van der Waals surface area contributed by atoms with E-state index in [1.807, 2.05) is 57.2 Å². The fraction of sp³-hybridized carbons (Fsp3) is 0.300. The van der Waals surface area contributed by atoms with Gasteiger partial charge in [0.25, 0.3) is 0 Å². The molecule has 0 aromatic heterocycles. The minimum atomic E-state index is -0.0974. The van der Waals surface area contributed by atoms with Crippen molar-refractivity contribution in [1.29, 1.82) is 0 Å². The smallest absolute Gasteiger partial charge is 0.226 e. The van der Waals surface area contributed by atoms with Gasteiger partial charge in [0.1, 0.15) is 0 Å². The van der Waals surface area contributed by atoms with Gasteiger partial charge in [-0.15, -0.1) is 0 Å². The van der Waals surface area contributed by atoms with Crippen LogP contribution in [0.2, 0.25) is 0 Å². The Morgan fingerprint density at radius 2 is 1.62 bits per heavy atom. The molecule has 0 aliphatic rings. The Bertz CT molecular complexity index is 733. The van der Waals surface area contributed by atoms with Gasteiger partial charge in [-0.2, -0.15) is 0 Å². The molecule has 4 heteroatoms. The average Bonchev–Trinajstić information content (AvgIpc) is 2.47. The van der Waals surface area contributed by atoms with E-state index >= 15 is 0 Å². The van der Waals surface area contributed by atoms with E-state index in [9.17, 15) is 9.59 Å². The van der Waals surface area contributed by atoms with Crippen molar-refractivity contribution in [3.63, 3.8) is 0 Å². The van der Waals surface area contributed by atoms with Crippen molar-refractivity contribution < 1.29 is 9.59 Å². The molecule has 1 N–H and O–H groups in total. The SMILES string of the molecule is CC(=O)N(CCC(=O)Nc1cc(C)cc(C)c1)c1ccccc1C. The van der Waals surface area contributed by atoms with Crippen molar-refractivity contribution in [2.24, 2.45) is 0 Å². The molecule has 0 spiro atoms. The highest BCUT2D eigenvalue weighted by molar-refractivity contribution is 5.95. The Hall–Kier alpha value is -2.62. The summed E-state index contributed by atoms with van der Waals surface area (Å²) in [5, 5.41) is 2.91. The van der Waals surface area contributed by atoms with Gasteiger partial charge < -0.3 is 10.2 Å². The lowest BCUT2D eigenvalue weighted by molar-refractivity contribution is -0.117. The minimum absolute atomic E-state index is 0.0662. The molecule has 4 nitrogen and oxygen atoms in total. The van der Waals surface area contributed by atoms with Crippen LogP contribution in [-0.2, 0) is 9.59 Å². The summed E-state index contributed by atoms with van der Waals surface area (Å²) in [5.74, 6) is -0.164. The van der Waals surface area contributed by atoms with E-state index in [4.69, 9.17) is 0 Å². The highest BCUT2D eigenvalue weighted by Gasteiger charge is 2.15. The molecular weight excluding hydrogens is 300 g/mol. The van der Waals surface area contributed by atoms with E-state index in [0.29, 0.717) is 6.54 Å². The van der Waals surface area contributed by atoms with Crippen LogP contribution < -0.4 is 10.2 Å². The van der Waals surface area contributed by atoms with Crippen LogP contribution in [0.1, 0.15) is 30.0 Å². The zero-order chi connectivity index (χ0) is 17.7. The van der Waals surface area contributed by atoms with Crippen molar-refractivity contribution in [2.75, 3.05) is 16.8 Å². The molecule has 0 saturated carbocycles. The summed E-state index contributed by atoms with van der Waals surface area (Å²) in [5.41, 5.74) is 4.88. The highest BCUT2D eigenvalue weighted by atomic mass is 16.2. The van der Waals surface area contributed by atoms with Gasteiger partial charge >= 0.3 is 0 Å². The van der Waals surface area contributed by atoms with Gasteiger partial charge in [-0.05, 0) is 55.7 Å². The van der Waals surface area contributed by atoms with Crippen molar-refractivity contribution in [3.05, 3.63) is 59.2 Å². The molecule has 0 radical (unpaired) electrons. The monoisotopic (exact) mass is 324 g/mol. The third kappa shape index (κ3) is 4.69. The van der Waals surface area contributed by atoms with Crippen LogP contribution in [0.15, 0.2) is 42.5 Å². The van der Waals surface area contributed by atoms with Crippen LogP contribution >= 0.6 is 0 Å². The molecule has 24 heavy (non-hydrogen) atoms. The zero-order valence-electron chi connectivity index (χ0n) is 14.7. The number of amides is 2. The second kappa shape index (κ2) is 7.77. The summed E-state index contributed by atoms with van der Waals surface area (Å²) < 4.78 is 0. The second-order valence-corrected chi connectivity index (χ2v) is 6.13. The number of benzene rings is 2. The zero-order valence-corrected chi connectivity index (χ0v) is 14.7. The molecular formula is C20H24N2O2. The quantitative estimate of drug-likeness (QED) is 0.904. The molecule has 126 valence electrons. The van der Waals surface area contributed by atoms with Crippen molar-refractivity contribution in [2.45, 2.75) is 34.1 Å². The second-order valence-electron chi connectivity index (χ2n) is 6.13. The Balaban J connectivity index is 2.03. The molecule has 2 amide bonds. The number of carbonyl (C=O) groups is 2. The molecule has 0 aliphatic heterocycles. The molecule has 0 heterocycles. The van der Waals surface area contributed by atoms with Crippen LogP contribution in [-0.4, -0.2) is 18.4 Å². The number of para-hydroxylation sites is 1. The number of nitrogens with zero attached hydrogens (tertiary/aromatic N) is 1. The average molecular weight is 324 g/mol. The maximum atomic E-state index is 12.2. The summed E-state index contributed by atoms with van der Waals surface area (Å²) in [6.07, 6.45) is 0.251. The standard InChI is InChI=1S/C20H24N2O2/c1-14-11-15(2)13-18(12-14)21-20(24)9-10-22(17(4)23)19-8-6-5-7-16(19)3/h5-8,11-13H,9-10H2,1-4H3,(H,21,24). The van der Waals surface area contributed by atoms with Crippen LogP contribution in [0.3, 0.4) is 0 Å².